The summed E-state index contributed by atoms with van der Waals surface area (Å²) in [5.41, 5.74) is 0. The number of nitrogens with zero attached hydrogens (tertiary/aromatic N) is 1. The van der Waals surface area contributed by atoms with Crippen molar-refractivity contribution < 1.29 is 42.1 Å². The summed E-state index contributed by atoms with van der Waals surface area (Å²) in [6.07, 6.45) is 126. The van der Waals surface area contributed by atoms with Crippen LogP contribution in [0.5, 0.6) is 0 Å². The molecule has 100 heavy (non-hydrogen) atoms. The molecular formula is C90H141NO8P+. The predicted molar refractivity (Wildman–Crippen MR) is 435 cm³/mol. The number of likely N-dealkylation sites (N-methyl/N-ethyl adjacent to an activating group) is 1. The van der Waals surface area contributed by atoms with Crippen molar-refractivity contribution in [3.8, 4) is 0 Å². The molecule has 2 atom stereocenters. The number of quaternary nitrogens is 1. The van der Waals surface area contributed by atoms with Crippen molar-refractivity contribution in [3.63, 3.8) is 0 Å². The Balaban J connectivity index is 4.18. The van der Waals surface area contributed by atoms with Crippen molar-refractivity contribution in [2.45, 2.75) is 264 Å². The van der Waals surface area contributed by atoms with E-state index in [0.717, 1.165) is 193 Å². The third-order valence-electron chi connectivity index (χ3n) is 15.4. The molecule has 0 heterocycles. The largest absolute Gasteiger partial charge is 0.472 e. The number of unbranched alkanes of at least 4 members (excludes halogenated alkanes) is 14. The summed E-state index contributed by atoms with van der Waals surface area (Å²) in [6, 6.07) is 0. The van der Waals surface area contributed by atoms with Gasteiger partial charge in [-0.05, 0) is 167 Å². The van der Waals surface area contributed by atoms with Crippen molar-refractivity contribution >= 4 is 19.8 Å². The van der Waals surface area contributed by atoms with Crippen LogP contribution >= 0.6 is 7.82 Å². The van der Waals surface area contributed by atoms with Crippen LogP contribution in [0.25, 0.3) is 0 Å². The zero-order chi connectivity index (χ0) is 72.5. The number of phosphoric acid groups is 1. The van der Waals surface area contributed by atoms with Gasteiger partial charge in [-0.2, -0.15) is 0 Å². The fourth-order valence-electron chi connectivity index (χ4n) is 9.54. The molecule has 0 spiro atoms. The molecule has 0 aliphatic carbocycles. The lowest BCUT2D eigenvalue weighted by Crippen LogP contribution is -2.37. The minimum absolute atomic E-state index is 0.0140. The van der Waals surface area contributed by atoms with E-state index in [-0.39, 0.29) is 26.1 Å². The quantitative estimate of drug-likeness (QED) is 0.0211. The van der Waals surface area contributed by atoms with E-state index in [1.807, 2.05) is 21.1 Å². The zero-order valence-corrected chi connectivity index (χ0v) is 64.5. The molecule has 0 radical (unpaired) electrons. The molecule has 1 N–H and O–H groups in total. The van der Waals surface area contributed by atoms with Gasteiger partial charge in [0, 0.05) is 12.8 Å². The van der Waals surface area contributed by atoms with Crippen LogP contribution in [0.2, 0.25) is 0 Å². The predicted octanol–water partition coefficient (Wildman–Crippen LogP) is 26.3. The second-order valence-corrected chi connectivity index (χ2v) is 27.4. The Morgan fingerprint density at radius 2 is 0.540 bits per heavy atom. The van der Waals surface area contributed by atoms with Gasteiger partial charge >= 0.3 is 19.8 Å². The molecule has 0 aromatic heterocycles. The van der Waals surface area contributed by atoms with Crippen LogP contribution in [0.4, 0.5) is 0 Å². The maximum atomic E-state index is 12.9. The first-order valence-corrected chi connectivity index (χ1v) is 40.3. The number of hydrogen-bond donors (Lipinski definition) is 1. The summed E-state index contributed by atoms with van der Waals surface area (Å²) in [6.45, 7) is 4.15. The van der Waals surface area contributed by atoms with Crippen LogP contribution in [0.3, 0.4) is 0 Å². The second-order valence-electron chi connectivity index (χ2n) is 25.9. The van der Waals surface area contributed by atoms with E-state index in [2.05, 4.69) is 257 Å². The standard InChI is InChI=1S/C90H140NO8P/c1-6-8-10-12-14-16-18-20-22-24-26-28-30-32-34-36-38-40-42-44-45-47-49-51-53-55-57-59-61-63-65-67-69-71-73-75-77-79-81-83-90(93)99-88(87-98-100(94,95)97-85-84-91(3,4)5)86-96-89(92)82-80-78-76-74-72-70-68-66-64-62-60-58-56-54-52-50-48-46-43-41-39-37-35-33-31-29-27-25-23-21-19-17-15-13-11-9-7-2/h8-11,14-17,20-23,26-29,32-35,38-41,44-46,48-49,51-52,54-55,57-58,60-61,63-64,66,88H,6-7,12-13,18-19,24-25,30-31,36-37,42-43,47,50,53,56,59,62,65,67-87H2,1-5H3/p+1/b10-8-,11-9-,16-14-,17-15-,22-20-,23-21-,28-26-,29-27-,34-32-,35-33-,40-38-,41-39-,45-44-,48-46-,51-49-,54-52-,57-55-,60-58-,63-61-,66-64-. The van der Waals surface area contributed by atoms with E-state index in [0.29, 0.717) is 23.9 Å². The van der Waals surface area contributed by atoms with E-state index in [1.54, 1.807) is 0 Å². The molecular weight excluding hydrogens is 1250 g/mol. The van der Waals surface area contributed by atoms with Crippen molar-refractivity contribution in [3.05, 3.63) is 243 Å². The van der Waals surface area contributed by atoms with E-state index in [9.17, 15) is 19.0 Å². The van der Waals surface area contributed by atoms with Crippen molar-refractivity contribution in [1.29, 1.82) is 0 Å². The van der Waals surface area contributed by atoms with Crippen molar-refractivity contribution in [1.82, 2.24) is 0 Å². The number of phosphoric ester groups is 1. The zero-order valence-electron chi connectivity index (χ0n) is 63.6. The number of allylic oxidation sites excluding steroid dienone is 40. The molecule has 0 bridgehead atoms. The van der Waals surface area contributed by atoms with Crippen LogP contribution in [0.15, 0.2) is 243 Å². The lowest BCUT2D eigenvalue weighted by atomic mass is 10.1. The number of rotatable bonds is 68. The van der Waals surface area contributed by atoms with E-state index in [1.165, 1.54) is 25.7 Å². The average molecular weight is 1400 g/mol. The van der Waals surface area contributed by atoms with Gasteiger partial charge in [-0.3, -0.25) is 18.6 Å². The lowest BCUT2D eigenvalue weighted by molar-refractivity contribution is -0.870. The molecule has 10 heteroatoms. The molecule has 0 fully saturated rings. The highest BCUT2D eigenvalue weighted by Gasteiger charge is 2.27. The highest BCUT2D eigenvalue weighted by atomic mass is 31.2. The molecule has 0 saturated heterocycles. The molecule has 558 valence electrons. The Morgan fingerprint density at radius 1 is 0.310 bits per heavy atom. The third-order valence-corrected chi connectivity index (χ3v) is 16.4. The van der Waals surface area contributed by atoms with Crippen LogP contribution < -0.4 is 0 Å². The Kier molecular flexibility index (Phi) is 72.2. The number of carbonyl (C=O) groups excluding carboxylic acids is 2. The summed E-state index contributed by atoms with van der Waals surface area (Å²) < 4.78 is 34.7. The Hall–Kier alpha value is -6.19. The first-order valence-electron chi connectivity index (χ1n) is 38.8. The van der Waals surface area contributed by atoms with E-state index < -0.39 is 32.5 Å². The van der Waals surface area contributed by atoms with E-state index >= 15 is 0 Å². The maximum absolute atomic E-state index is 12.9. The smallest absolute Gasteiger partial charge is 0.462 e. The molecule has 0 aromatic rings. The fraction of sp³-hybridized carbons (Fsp3) is 0.533. The number of hydrogen-bond acceptors (Lipinski definition) is 7. The molecule has 9 nitrogen and oxygen atoms in total. The van der Waals surface area contributed by atoms with Gasteiger partial charge in [-0.15, -0.1) is 0 Å². The highest BCUT2D eigenvalue weighted by molar-refractivity contribution is 7.47. The summed E-state index contributed by atoms with van der Waals surface area (Å²) in [7, 11) is 1.43. The molecule has 0 aliphatic rings. The molecule has 2 unspecified atom stereocenters. The molecule has 0 saturated carbocycles. The highest BCUT2D eigenvalue weighted by Crippen LogP contribution is 2.43. The first kappa shape index (κ1) is 93.8. The normalized spacial score (nSPS) is 14.4. The fourth-order valence-corrected chi connectivity index (χ4v) is 10.3. The molecule has 0 rings (SSSR count). The van der Waals surface area contributed by atoms with Crippen molar-refractivity contribution in [2.24, 2.45) is 0 Å². The number of esters is 2. The SMILES string of the molecule is CC/C=C\C/C=C\C/C=C\C/C=C\C/C=C\C/C=C\C/C=C\C/C=C\C/C=C\C/C=C\CCCCCCCCCCC(=O)OC(COC(=O)CCCCCCCC/C=C\C/C=C\C/C=C\C/C=C\C/C=C\C/C=C\C/C=C\C/C=C\C/C=C\C/C=C\CC)COP(=O)(O)OCC[N+](C)(C)C. The van der Waals surface area contributed by atoms with Gasteiger partial charge in [-0.1, -0.05) is 321 Å². The van der Waals surface area contributed by atoms with Crippen LogP contribution in [0, 0.1) is 0 Å². The topological polar surface area (TPSA) is 108 Å². The summed E-state index contributed by atoms with van der Waals surface area (Å²) in [4.78, 5) is 36.0. The summed E-state index contributed by atoms with van der Waals surface area (Å²) in [5.74, 6) is -0.842. The van der Waals surface area contributed by atoms with Gasteiger partial charge in [-0.25, -0.2) is 4.57 Å². The van der Waals surface area contributed by atoms with Crippen LogP contribution in [0.1, 0.15) is 258 Å². The second kappa shape index (κ2) is 77.0. The molecule has 0 amide bonds. The molecule has 0 aliphatic heterocycles. The van der Waals surface area contributed by atoms with Crippen LogP contribution in [-0.4, -0.2) is 74.9 Å². The number of ether oxygens (including phenoxy) is 2. The van der Waals surface area contributed by atoms with Gasteiger partial charge in [0.15, 0.2) is 6.10 Å². The maximum Gasteiger partial charge on any atom is 0.472 e. The minimum atomic E-state index is -4.42. The third kappa shape index (κ3) is 80.8. The van der Waals surface area contributed by atoms with Gasteiger partial charge in [0.1, 0.15) is 19.8 Å². The molecule has 0 aromatic carbocycles. The minimum Gasteiger partial charge on any atom is -0.462 e. The Bertz CT molecular complexity index is 2600. The number of carbonyl (C=O) groups is 2. The van der Waals surface area contributed by atoms with Crippen LogP contribution in [-0.2, 0) is 32.7 Å². The first-order chi connectivity index (χ1) is 49.0. The van der Waals surface area contributed by atoms with Gasteiger partial charge in [0.2, 0.25) is 0 Å². The van der Waals surface area contributed by atoms with Crippen molar-refractivity contribution in [2.75, 3.05) is 47.5 Å². The average Bonchev–Trinajstić information content (AvgIpc) is 1.07. The summed E-state index contributed by atoms with van der Waals surface area (Å²) in [5, 5.41) is 0. The van der Waals surface area contributed by atoms with E-state index in [4.69, 9.17) is 18.5 Å². The Morgan fingerprint density at radius 3 is 0.800 bits per heavy atom. The van der Waals surface area contributed by atoms with Gasteiger partial charge < -0.3 is 18.9 Å². The lowest BCUT2D eigenvalue weighted by Gasteiger charge is -2.24. The summed E-state index contributed by atoms with van der Waals surface area (Å²) >= 11 is 0. The monoisotopic (exact) mass is 1400 g/mol. The van der Waals surface area contributed by atoms with Gasteiger partial charge in [0.05, 0.1) is 27.7 Å². The van der Waals surface area contributed by atoms with Gasteiger partial charge in [0.25, 0.3) is 0 Å². The Labute approximate surface area is 613 Å².